The zero-order valence-corrected chi connectivity index (χ0v) is 24.8. The molecular formula is C30H36N6O9. The van der Waals surface area contributed by atoms with Crippen LogP contribution in [0.2, 0.25) is 0 Å². The van der Waals surface area contributed by atoms with Crippen molar-refractivity contribution in [3.05, 3.63) is 59.4 Å². The Bertz CT molecular complexity index is 1400. The van der Waals surface area contributed by atoms with Crippen LogP contribution in [0.4, 0.5) is 0 Å². The van der Waals surface area contributed by atoms with E-state index in [4.69, 9.17) is 14.2 Å². The molecule has 15 heteroatoms. The summed E-state index contributed by atoms with van der Waals surface area (Å²) in [6, 6.07) is 9.05. The molecule has 45 heavy (non-hydrogen) atoms. The molecule has 1 aromatic carbocycles. The van der Waals surface area contributed by atoms with Crippen LogP contribution in [0.5, 0.6) is 5.75 Å². The Hall–Kier alpha value is -4.73. The molecule has 0 bridgehead atoms. The summed E-state index contributed by atoms with van der Waals surface area (Å²) in [5, 5.41) is 10.9. The van der Waals surface area contributed by atoms with Crippen LogP contribution in [0, 0.1) is 6.92 Å². The van der Waals surface area contributed by atoms with Gasteiger partial charge in [-0.15, -0.1) is 0 Å². The summed E-state index contributed by atoms with van der Waals surface area (Å²) in [7, 11) is 0. The van der Waals surface area contributed by atoms with E-state index in [2.05, 4.69) is 26.3 Å². The Balaban J connectivity index is 1.11. The molecule has 1 atom stereocenters. The van der Waals surface area contributed by atoms with Gasteiger partial charge in [0.15, 0.2) is 6.61 Å². The highest BCUT2D eigenvalue weighted by Crippen LogP contribution is 2.25. The quantitative estimate of drug-likeness (QED) is 0.101. The first-order valence-corrected chi connectivity index (χ1v) is 14.4. The first-order chi connectivity index (χ1) is 21.7. The second-order valence-corrected chi connectivity index (χ2v) is 10.5. The first kappa shape index (κ1) is 33.2. The molecule has 1 aromatic heterocycles. The molecule has 1 unspecified atom stereocenters. The lowest BCUT2D eigenvalue weighted by atomic mass is 9.88. The zero-order chi connectivity index (χ0) is 32.2. The van der Waals surface area contributed by atoms with E-state index in [1.165, 1.54) is 12.1 Å². The Morgan fingerprint density at radius 1 is 1.04 bits per heavy atom. The van der Waals surface area contributed by atoms with E-state index in [9.17, 15) is 28.8 Å². The predicted octanol–water partition coefficient (Wildman–Crippen LogP) is -1.06. The second-order valence-electron chi connectivity index (χ2n) is 10.5. The van der Waals surface area contributed by atoms with Crippen molar-refractivity contribution in [1.82, 2.24) is 31.2 Å². The van der Waals surface area contributed by atoms with Crippen molar-refractivity contribution in [2.24, 2.45) is 0 Å². The highest BCUT2D eigenvalue weighted by Gasteiger charge is 2.41. The van der Waals surface area contributed by atoms with Crippen molar-refractivity contribution in [2.45, 2.75) is 31.3 Å². The van der Waals surface area contributed by atoms with Crippen molar-refractivity contribution < 1.29 is 43.0 Å². The van der Waals surface area contributed by atoms with E-state index in [0.29, 0.717) is 18.7 Å². The van der Waals surface area contributed by atoms with Gasteiger partial charge < -0.3 is 30.2 Å². The van der Waals surface area contributed by atoms with Gasteiger partial charge in [-0.3, -0.25) is 44.0 Å². The molecule has 4 rings (SSSR count). The van der Waals surface area contributed by atoms with Crippen LogP contribution in [0.25, 0.3) is 0 Å². The van der Waals surface area contributed by atoms with Gasteiger partial charge in [0.05, 0.1) is 25.5 Å². The number of pyridine rings is 1. The molecule has 0 radical (unpaired) electrons. The molecule has 2 aliphatic heterocycles. The normalized spacial score (nSPS) is 17.0. The number of piperidine rings is 1. The number of imide groups is 2. The van der Waals surface area contributed by atoms with E-state index in [-0.39, 0.29) is 76.1 Å². The number of hydrogen-bond donors (Lipinski definition) is 4. The van der Waals surface area contributed by atoms with E-state index in [1.54, 1.807) is 19.2 Å². The molecule has 0 aliphatic carbocycles. The maximum atomic E-state index is 13.1. The van der Waals surface area contributed by atoms with Crippen LogP contribution in [0.15, 0.2) is 42.6 Å². The Labute approximate surface area is 259 Å². The average molecular weight is 625 g/mol. The smallest absolute Gasteiger partial charge is 0.261 e. The number of nitrogens with zero attached hydrogens (tertiary/aromatic N) is 2. The standard InChI is InChI=1S/C30H36N6O9/c1-20-21(29(42)36(19-37)22-8-9-25(38)34-28(22)41)5-4-6-23(20)45-16-26(39)33-11-12-43-13-14-44-15-27(40)35-30(17-31-18-30)24-7-2-3-10-32-24/h2-7,10,19,22,31H,8-9,11-18H2,1H3,(H,33,39)(H,35,40)(H,34,38,41). The van der Waals surface area contributed by atoms with Gasteiger partial charge in [-0.05, 0) is 37.6 Å². The van der Waals surface area contributed by atoms with Crippen LogP contribution in [-0.4, -0.2) is 105 Å². The van der Waals surface area contributed by atoms with Crippen molar-refractivity contribution in [2.75, 3.05) is 52.7 Å². The molecule has 240 valence electrons. The van der Waals surface area contributed by atoms with Crippen molar-refractivity contribution in [3.63, 3.8) is 0 Å². The molecule has 0 saturated carbocycles. The molecule has 2 saturated heterocycles. The number of ether oxygens (including phenoxy) is 3. The van der Waals surface area contributed by atoms with E-state index in [1.807, 2.05) is 18.2 Å². The summed E-state index contributed by atoms with van der Waals surface area (Å²) < 4.78 is 16.4. The Kier molecular flexibility index (Phi) is 11.7. The third-order valence-corrected chi connectivity index (χ3v) is 7.33. The molecule has 2 aliphatic rings. The molecule has 2 aromatic rings. The molecule has 4 N–H and O–H groups in total. The van der Waals surface area contributed by atoms with Gasteiger partial charge in [0.1, 0.15) is 23.9 Å². The third kappa shape index (κ3) is 8.68. The lowest BCUT2D eigenvalue weighted by molar-refractivity contribution is -0.139. The molecule has 3 heterocycles. The second kappa shape index (κ2) is 15.8. The number of hydrogen-bond acceptors (Lipinski definition) is 11. The summed E-state index contributed by atoms with van der Waals surface area (Å²) in [5.74, 6) is -2.33. The van der Waals surface area contributed by atoms with Crippen molar-refractivity contribution in [3.8, 4) is 5.75 Å². The minimum atomic E-state index is -1.10. The fraction of sp³-hybridized carbons (Fsp3) is 0.433. The number of nitrogens with one attached hydrogen (secondary N) is 4. The topological polar surface area (TPSA) is 194 Å². The van der Waals surface area contributed by atoms with Gasteiger partial charge in [-0.2, -0.15) is 0 Å². The fourth-order valence-electron chi connectivity index (χ4n) is 4.85. The SMILES string of the molecule is Cc1c(OCC(=O)NCCOCCOCC(=O)NC2(c3ccccn3)CNC2)cccc1C(=O)N(C=O)C1CCC(=O)NC1=O. The first-order valence-electron chi connectivity index (χ1n) is 14.4. The summed E-state index contributed by atoms with van der Waals surface area (Å²) in [6.45, 7) is 3.15. The number of rotatable bonds is 16. The van der Waals surface area contributed by atoms with Gasteiger partial charge >= 0.3 is 0 Å². The van der Waals surface area contributed by atoms with Gasteiger partial charge in [0.2, 0.25) is 24.1 Å². The Morgan fingerprint density at radius 2 is 1.84 bits per heavy atom. The van der Waals surface area contributed by atoms with Crippen LogP contribution in [0.1, 0.15) is 34.5 Å². The molecule has 0 spiro atoms. The summed E-state index contributed by atoms with van der Waals surface area (Å²) in [4.78, 5) is 78.1. The van der Waals surface area contributed by atoms with Crippen molar-refractivity contribution >= 4 is 35.9 Å². The number of carbonyl (C=O) groups is 6. The van der Waals surface area contributed by atoms with Gasteiger partial charge in [-0.25, -0.2) is 0 Å². The lowest BCUT2D eigenvalue weighted by Crippen LogP contribution is -2.67. The summed E-state index contributed by atoms with van der Waals surface area (Å²) in [6.07, 6.45) is 1.99. The summed E-state index contributed by atoms with van der Waals surface area (Å²) in [5.41, 5.74) is 0.752. The lowest BCUT2D eigenvalue weighted by Gasteiger charge is -2.42. The van der Waals surface area contributed by atoms with Crippen LogP contribution in [-0.2, 0) is 39.0 Å². The highest BCUT2D eigenvalue weighted by atomic mass is 16.5. The predicted molar refractivity (Wildman–Crippen MR) is 157 cm³/mol. The fourth-order valence-corrected chi connectivity index (χ4v) is 4.85. The van der Waals surface area contributed by atoms with Crippen molar-refractivity contribution in [1.29, 1.82) is 0 Å². The van der Waals surface area contributed by atoms with Gasteiger partial charge in [0.25, 0.3) is 11.8 Å². The summed E-state index contributed by atoms with van der Waals surface area (Å²) >= 11 is 0. The number of aromatic nitrogens is 1. The molecular weight excluding hydrogens is 588 g/mol. The van der Waals surface area contributed by atoms with E-state index in [0.717, 1.165) is 10.6 Å². The molecule has 15 nitrogen and oxygen atoms in total. The van der Waals surface area contributed by atoms with Gasteiger partial charge in [0, 0.05) is 43.4 Å². The molecule has 2 fully saturated rings. The van der Waals surface area contributed by atoms with Crippen LogP contribution < -0.4 is 26.0 Å². The van der Waals surface area contributed by atoms with E-state index >= 15 is 0 Å². The molecule has 6 amide bonds. The largest absolute Gasteiger partial charge is 0.483 e. The minimum Gasteiger partial charge on any atom is -0.483 e. The van der Waals surface area contributed by atoms with E-state index < -0.39 is 35.2 Å². The monoisotopic (exact) mass is 624 g/mol. The van der Waals surface area contributed by atoms with Crippen LogP contribution in [0.3, 0.4) is 0 Å². The third-order valence-electron chi connectivity index (χ3n) is 7.33. The number of benzene rings is 1. The maximum Gasteiger partial charge on any atom is 0.261 e. The average Bonchev–Trinajstić information content (AvgIpc) is 3.01. The van der Waals surface area contributed by atoms with Gasteiger partial charge in [-0.1, -0.05) is 12.1 Å². The van der Waals surface area contributed by atoms with Crippen LogP contribution >= 0.6 is 0 Å². The maximum absolute atomic E-state index is 13.1. The number of amides is 6. The Morgan fingerprint density at radius 3 is 2.53 bits per heavy atom. The number of carbonyl (C=O) groups excluding carboxylic acids is 6. The highest BCUT2D eigenvalue weighted by molar-refractivity contribution is 6.07. The minimum absolute atomic E-state index is 0.00933. The zero-order valence-electron chi connectivity index (χ0n) is 24.8.